The van der Waals surface area contributed by atoms with Gasteiger partial charge in [-0.05, 0) is 36.4 Å². The summed E-state index contributed by atoms with van der Waals surface area (Å²) in [5.74, 6) is -0.167. The van der Waals surface area contributed by atoms with E-state index < -0.39 is 0 Å². The van der Waals surface area contributed by atoms with E-state index in [0.717, 1.165) is 10.6 Å². The number of hydrogen-bond acceptors (Lipinski definition) is 4. The van der Waals surface area contributed by atoms with Gasteiger partial charge in [-0.3, -0.25) is 9.78 Å². The van der Waals surface area contributed by atoms with Crippen molar-refractivity contribution in [1.82, 2.24) is 4.98 Å². The van der Waals surface area contributed by atoms with Crippen LogP contribution < -0.4 is 11.1 Å². The van der Waals surface area contributed by atoms with Gasteiger partial charge in [0.1, 0.15) is 0 Å². The highest BCUT2D eigenvalue weighted by Crippen LogP contribution is 2.27. The van der Waals surface area contributed by atoms with Gasteiger partial charge < -0.3 is 11.1 Å². The Bertz CT molecular complexity index is 768. The van der Waals surface area contributed by atoms with Crippen molar-refractivity contribution >= 4 is 28.6 Å². The molecule has 0 saturated heterocycles. The molecule has 3 N–H and O–H groups in total. The maximum atomic E-state index is 12.2. The number of nitrogen functional groups attached to an aromatic ring is 1. The Morgan fingerprint density at radius 3 is 2.62 bits per heavy atom. The van der Waals surface area contributed by atoms with E-state index in [-0.39, 0.29) is 5.91 Å². The Morgan fingerprint density at radius 1 is 1.05 bits per heavy atom. The fourth-order valence-electron chi connectivity index (χ4n) is 1.90. The molecule has 0 fully saturated rings. The van der Waals surface area contributed by atoms with Gasteiger partial charge in [0.2, 0.25) is 0 Å². The number of hydrogen-bond donors (Lipinski definition) is 2. The summed E-state index contributed by atoms with van der Waals surface area (Å²) in [4.78, 5) is 18.1. The molecule has 0 aliphatic carbocycles. The van der Waals surface area contributed by atoms with Crippen LogP contribution in [0.4, 0.5) is 11.4 Å². The molecular formula is C16H13N3OS. The molecule has 2 heterocycles. The highest BCUT2D eigenvalue weighted by Gasteiger charge is 2.12. The van der Waals surface area contributed by atoms with E-state index in [9.17, 15) is 4.79 Å². The number of para-hydroxylation sites is 2. The van der Waals surface area contributed by atoms with Gasteiger partial charge in [-0.2, -0.15) is 0 Å². The number of nitrogens with zero attached hydrogens (tertiary/aromatic N) is 1. The van der Waals surface area contributed by atoms with Gasteiger partial charge in [-0.15, -0.1) is 11.3 Å². The molecule has 1 aromatic carbocycles. The molecule has 2 aromatic heterocycles. The number of thiophene rings is 1. The topological polar surface area (TPSA) is 68.0 Å². The number of benzene rings is 1. The van der Waals surface area contributed by atoms with Gasteiger partial charge in [0, 0.05) is 6.20 Å². The first kappa shape index (κ1) is 13.3. The summed E-state index contributed by atoms with van der Waals surface area (Å²) in [5, 5.41) is 2.82. The van der Waals surface area contributed by atoms with Crippen molar-refractivity contribution in [2.75, 3.05) is 11.1 Å². The zero-order valence-corrected chi connectivity index (χ0v) is 11.9. The fraction of sp³-hybridized carbons (Fsp3) is 0. The summed E-state index contributed by atoms with van der Waals surface area (Å²) in [6, 6.07) is 16.6. The van der Waals surface area contributed by atoms with Crippen LogP contribution in [0, 0.1) is 0 Å². The lowest BCUT2D eigenvalue weighted by Crippen LogP contribution is -2.11. The minimum Gasteiger partial charge on any atom is -0.397 e. The van der Waals surface area contributed by atoms with Crippen molar-refractivity contribution < 1.29 is 4.79 Å². The number of nitrogens with one attached hydrogen (secondary N) is 1. The summed E-state index contributed by atoms with van der Waals surface area (Å²) in [5.41, 5.74) is 7.85. The van der Waals surface area contributed by atoms with Crippen LogP contribution in [-0.4, -0.2) is 10.9 Å². The van der Waals surface area contributed by atoms with Gasteiger partial charge in [0.25, 0.3) is 5.91 Å². The maximum Gasteiger partial charge on any atom is 0.265 e. The molecule has 104 valence electrons. The van der Waals surface area contributed by atoms with E-state index >= 15 is 0 Å². The molecule has 0 aliphatic rings. The monoisotopic (exact) mass is 295 g/mol. The van der Waals surface area contributed by atoms with Crippen molar-refractivity contribution in [2.45, 2.75) is 0 Å². The van der Waals surface area contributed by atoms with Crippen LogP contribution in [0.2, 0.25) is 0 Å². The number of aromatic nitrogens is 1. The number of nitrogens with two attached hydrogens (primary N) is 1. The molecule has 0 atom stereocenters. The second kappa shape index (κ2) is 5.76. The average Bonchev–Trinajstić information content (AvgIpc) is 3.00. The second-order valence-corrected chi connectivity index (χ2v) is 5.50. The number of anilines is 2. The van der Waals surface area contributed by atoms with E-state index in [4.69, 9.17) is 5.73 Å². The highest BCUT2D eigenvalue weighted by molar-refractivity contribution is 7.17. The van der Waals surface area contributed by atoms with Crippen LogP contribution in [0.3, 0.4) is 0 Å². The van der Waals surface area contributed by atoms with E-state index in [0.29, 0.717) is 16.3 Å². The van der Waals surface area contributed by atoms with Gasteiger partial charge in [0.15, 0.2) is 0 Å². The fourth-order valence-corrected chi connectivity index (χ4v) is 2.78. The van der Waals surface area contributed by atoms with Crippen LogP contribution in [0.15, 0.2) is 60.8 Å². The summed E-state index contributed by atoms with van der Waals surface area (Å²) in [6.45, 7) is 0. The molecule has 5 heteroatoms. The summed E-state index contributed by atoms with van der Waals surface area (Å²) in [6.07, 6.45) is 1.74. The minimum absolute atomic E-state index is 0.167. The lowest BCUT2D eigenvalue weighted by atomic mass is 10.2. The Balaban J connectivity index is 1.80. The lowest BCUT2D eigenvalue weighted by Gasteiger charge is -2.06. The van der Waals surface area contributed by atoms with Crippen LogP contribution >= 0.6 is 11.3 Å². The molecule has 0 unspecified atom stereocenters. The number of pyridine rings is 1. The predicted molar refractivity (Wildman–Crippen MR) is 86.4 cm³/mol. The molecule has 0 spiro atoms. The number of amides is 1. The van der Waals surface area contributed by atoms with E-state index in [1.54, 1.807) is 24.4 Å². The zero-order chi connectivity index (χ0) is 14.7. The van der Waals surface area contributed by atoms with Crippen molar-refractivity contribution in [2.24, 2.45) is 0 Å². The third-order valence-corrected chi connectivity index (χ3v) is 4.06. The average molecular weight is 295 g/mol. The normalized spacial score (nSPS) is 10.3. The third kappa shape index (κ3) is 2.93. The predicted octanol–water partition coefficient (Wildman–Crippen LogP) is 3.64. The molecule has 3 aromatic rings. The summed E-state index contributed by atoms with van der Waals surface area (Å²) in [7, 11) is 0. The first-order valence-corrected chi connectivity index (χ1v) is 7.23. The summed E-state index contributed by atoms with van der Waals surface area (Å²) < 4.78 is 0. The number of carbonyl (C=O) groups excluding carboxylic acids is 1. The Morgan fingerprint density at radius 2 is 1.86 bits per heavy atom. The smallest absolute Gasteiger partial charge is 0.265 e. The second-order valence-electron chi connectivity index (χ2n) is 4.42. The van der Waals surface area contributed by atoms with Crippen molar-refractivity contribution in [1.29, 1.82) is 0 Å². The molecule has 0 saturated carbocycles. The third-order valence-electron chi connectivity index (χ3n) is 2.96. The lowest BCUT2D eigenvalue weighted by molar-refractivity contribution is 0.103. The number of rotatable bonds is 3. The van der Waals surface area contributed by atoms with Gasteiger partial charge in [-0.1, -0.05) is 18.2 Å². The van der Waals surface area contributed by atoms with E-state index in [1.807, 2.05) is 36.4 Å². The van der Waals surface area contributed by atoms with Crippen molar-refractivity contribution in [3.8, 4) is 10.6 Å². The molecule has 21 heavy (non-hydrogen) atoms. The van der Waals surface area contributed by atoms with Crippen molar-refractivity contribution in [3.05, 3.63) is 65.7 Å². The van der Waals surface area contributed by atoms with Gasteiger partial charge in [0.05, 0.1) is 26.8 Å². The SMILES string of the molecule is Nc1ccccc1NC(=O)c1ccc(-c2ccccn2)s1. The standard InChI is InChI=1S/C16H13N3OS/c17-11-5-1-2-6-12(11)19-16(20)15-9-8-14(21-15)13-7-3-4-10-18-13/h1-10H,17H2,(H,19,20). The first-order valence-electron chi connectivity index (χ1n) is 6.41. The van der Waals surface area contributed by atoms with Crippen LogP contribution in [0.1, 0.15) is 9.67 Å². The highest BCUT2D eigenvalue weighted by atomic mass is 32.1. The minimum atomic E-state index is -0.167. The van der Waals surface area contributed by atoms with Crippen LogP contribution in [0.25, 0.3) is 10.6 Å². The Hall–Kier alpha value is -2.66. The largest absolute Gasteiger partial charge is 0.397 e. The van der Waals surface area contributed by atoms with Crippen molar-refractivity contribution in [3.63, 3.8) is 0 Å². The Labute approximate surface area is 126 Å². The molecule has 4 nitrogen and oxygen atoms in total. The molecule has 0 aliphatic heterocycles. The molecule has 1 amide bonds. The summed E-state index contributed by atoms with van der Waals surface area (Å²) >= 11 is 1.40. The van der Waals surface area contributed by atoms with Crippen LogP contribution in [-0.2, 0) is 0 Å². The Kier molecular flexibility index (Phi) is 3.66. The van der Waals surface area contributed by atoms with Crippen LogP contribution in [0.5, 0.6) is 0 Å². The molecule has 3 rings (SSSR count). The van der Waals surface area contributed by atoms with E-state index in [2.05, 4.69) is 10.3 Å². The van der Waals surface area contributed by atoms with E-state index in [1.165, 1.54) is 11.3 Å². The molecule has 0 radical (unpaired) electrons. The molecule has 0 bridgehead atoms. The zero-order valence-electron chi connectivity index (χ0n) is 11.1. The van der Waals surface area contributed by atoms with Gasteiger partial charge in [-0.25, -0.2) is 0 Å². The maximum absolute atomic E-state index is 12.2. The first-order chi connectivity index (χ1) is 10.2. The quantitative estimate of drug-likeness (QED) is 0.725. The molecular weight excluding hydrogens is 282 g/mol. The number of carbonyl (C=O) groups is 1. The van der Waals surface area contributed by atoms with Gasteiger partial charge >= 0.3 is 0 Å².